The second-order valence-corrected chi connectivity index (χ2v) is 9.74. The molecule has 0 aromatic heterocycles. The highest BCUT2D eigenvalue weighted by atomic mass is 16.4. The zero-order chi connectivity index (χ0) is 18.6. The molecular weight excluding hydrogens is 338 g/mol. The largest absolute Gasteiger partial charge is 0.481 e. The van der Waals surface area contributed by atoms with Crippen LogP contribution in [0.15, 0.2) is 30.3 Å². The van der Waals surface area contributed by atoms with Gasteiger partial charge in [-0.3, -0.25) is 9.59 Å². The van der Waals surface area contributed by atoms with E-state index in [0.29, 0.717) is 31.8 Å². The van der Waals surface area contributed by atoms with E-state index >= 15 is 0 Å². The quantitative estimate of drug-likeness (QED) is 0.883. The van der Waals surface area contributed by atoms with E-state index in [1.807, 2.05) is 35.2 Å². The summed E-state index contributed by atoms with van der Waals surface area (Å²) in [5.74, 6) is 1.86. The number of aliphatic carboxylic acids is 1. The van der Waals surface area contributed by atoms with Gasteiger partial charge in [0.1, 0.15) is 0 Å². The fourth-order valence-electron chi connectivity index (χ4n) is 7.18. The van der Waals surface area contributed by atoms with Crippen molar-refractivity contribution in [3.8, 4) is 0 Å². The van der Waals surface area contributed by atoms with Crippen molar-refractivity contribution >= 4 is 11.9 Å². The van der Waals surface area contributed by atoms with Crippen LogP contribution in [-0.2, 0) is 15.0 Å². The minimum absolute atomic E-state index is 0.120. The van der Waals surface area contributed by atoms with Crippen molar-refractivity contribution in [2.75, 3.05) is 13.1 Å². The number of hydrogen-bond acceptors (Lipinski definition) is 2. The third-order valence-electron chi connectivity index (χ3n) is 8.13. The molecular formula is C23H29NO3. The standard InChI is InChI=1S/C23H29NO3/c25-20(22-13-16-10-17(14-22)12-18(11-16)15-22)24-8-6-23(7-9-24,21(26)27)19-4-2-1-3-5-19/h1-5,16-18H,6-15H2,(H,26,27). The van der Waals surface area contributed by atoms with Crippen molar-refractivity contribution < 1.29 is 14.7 Å². The summed E-state index contributed by atoms with van der Waals surface area (Å²) in [6.07, 6.45) is 8.29. The summed E-state index contributed by atoms with van der Waals surface area (Å²) < 4.78 is 0. The summed E-state index contributed by atoms with van der Waals surface area (Å²) in [6, 6.07) is 9.58. The number of likely N-dealkylation sites (tertiary alicyclic amines) is 1. The van der Waals surface area contributed by atoms with Gasteiger partial charge in [0.15, 0.2) is 0 Å². The second kappa shape index (κ2) is 6.08. The van der Waals surface area contributed by atoms with E-state index in [2.05, 4.69) is 0 Å². The number of carbonyl (C=O) groups is 2. The summed E-state index contributed by atoms with van der Waals surface area (Å²) in [5.41, 5.74) is -0.0936. The number of benzene rings is 1. The molecule has 144 valence electrons. The number of rotatable bonds is 3. The lowest BCUT2D eigenvalue weighted by Gasteiger charge is -2.57. The first-order valence-electron chi connectivity index (χ1n) is 10.6. The van der Waals surface area contributed by atoms with Crippen molar-refractivity contribution in [1.29, 1.82) is 0 Å². The zero-order valence-electron chi connectivity index (χ0n) is 15.9. The molecule has 1 saturated heterocycles. The molecule has 5 fully saturated rings. The highest BCUT2D eigenvalue weighted by molar-refractivity contribution is 5.85. The summed E-state index contributed by atoms with van der Waals surface area (Å²) >= 11 is 0. The molecule has 4 nitrogen and oxygen atoms in total. The van der Waals surface area contributed by atoms with Crippen LogP contribution in [0.5, 0.6) is 0 Å². The molecule has 27 heavy (non-hydrogen) atoms. The lowest BCUT2D eigenvalue weighted by Crippen LogP contribution is -2.57. The maximum Gasteiger partial charge on any atom is 0.314 e. The van der Waals surface area contributed by atoms with E-state index in [9.17, 15) is 14.7 Å². The van der Waals surface area contributed by atoms with E-state index in [-0.39, 0.29) is 5.41 Å². The van der Waals surface area contributed by atoms with Crippen LogP contribution in [-0.4, -0.2) is 35.0 Å². The maximum atomic E-state index is 13.5. The van der Waals surface area contributed by atoms with Crippen molar-refractivity contribution in [3.05, 3.63) is 35.9 Å². The first kappa shape index (κ1) is 17.3. The summed E-state index contributed by atoms with van der Waals surface area (Å²) in [4.78, 5) is 27.7. The van der Waals surface area contributed by atoms with Gasteiger partial charge >= 0.3 is 5.97 Å². The van der Waals surface area contributed by atoms with Gasteiger partial charge in [0, 0.05) is 13.1 Å². The van der Waals surface area contributed by atoms with Crippen molar-refractivity contribution in [3.63, 3.8) is 0 Å². The number of carbonyl (C=O) groups excluding carboxylic acids is 1. The van der Waals surface area contributed by atoms with Crippen LogP contribution in [0.1, 0.15) is 56.9 Å². The van der Waals surface area contributed by atoms with Crippen LogP contribution in [0.3, 0.4) is 0 Å². The van der Waals surface area contributed by atoms with Gasteiger partial charge in [0.05, 0.1) is 10.8 Å². The van der Waals surface area contributed by atoms with Gasteiger partial charge in [-0.15, -0.1) is 0 Å². The van der Waals surface area contributed by atoms with Gasteiger partial charge in [-0.1, -0.05) is 30.3 Å². The van der Waals surface area contributed by atoms with Gasteiger partial charge in [0.25, 0.3) is 0 Å². The molecule has 4 saturated carbocycles. The smallest absolute Gasteiger partial charge is 0.314 e. The lowest BCUT2D eigenvalue weighted by atomic mass is 9.49. The second-order valence-electron chi connectivity index (χ2n) is 9.74. The molecule has 1 aliphatic heterocycles. The first-order chi connectivity index (χ1) is 13.0. The van der Waals surface area contributed by atoms with Crippen LogP contribution >= 0.6 is 0 Å². The molecule has 1 N–H and O–H groups in total. The number of hydrogen-bond donors (Lipinski definition) is 1. The minimum Gasteiger partial charge on any atom is -0.481 e. The fourth-order valence-corrected chi connectivity index (χ4v) is 7.18. The van der Waals surface area contributed by atoms with Gasteiger partial charge in [-0.05, 0) is 74.7 Å². The summed E-state index contributed by atoms with van der Waals surface area (Å²) in [5, 5.41) is 9.99. The predicted molar refractivity (Wildman–Crippen MR) is 102 cm³/mol. The summed E-state index contributed by atoms with van der Waals surface area (Å²) in [7, 11) is 0. The Balaban J connectivity index is 1.34. The molecule has 0 atom stereocenters. The molecule has 4 aliphatic carbocycles. The van der Waals surface area contributed by atoms with E-state index in [1.54, 1.807) is 0 Å². The molecule has 4 heteroatoms. The Hall–Kier alpha value is -1.84. The molecule has 4 bridgehead atoms. The molecule has 5 aliphatic rings. The Morgan fingerprint density at radius 3 is 1.89 bits per heavy atom. The van der Waals surface area contributed by atoms with E-state index in [0.717, 1.165) is 42.6 Å². The molecule has 0 radical (unpaired) electrons. The Labute approximate surface area is 160 Å². The van der Waals surface area contributed by atoms with Crippen LogP contribution in [0.4, 0.5) is 0 Å². The van der Waals surface area contributed by atoms with E-state index < -0.39 is 11.4 Å². The third-order valence-corrected chi connectivity index (χ3v) is 8.13. The normalized spacial score (nSPS) is 36.6. The SMILES string of the molecule is O=C(N1CCC(C(=O)O)(c2ccccc2)CC1)C12CC3CC(CC(C3)C1)C2. The van der Waals surface area contributed by atoms with Crippen molar-refractivity contribution in [2.24, 2.45) is 23.2 Å². The Kier molecular flexibility index (Phi) is 3.89. The predicted octanol–water partition coefficient (Wildman–Crippen LogP) is 3.85. The van der Waals surface area contributed by atoms with Gasteiger partial charge in [0.2, 0.25) is 5.91 Å². The highest BCUT2D eigenvalue weighted by Crippen LogP contribution is 2.60. The van der Waals surface area contributed by atoms with Crippen molar-refractivity contribution in [1.82, 2.24) is 4.90 Å². The molecule has 1 amide bonds. The number of carboxylic acids is 1. The average Bonchev–Trinajstić information content (AvgIpc) is 2.67. The Morgan fingerprint density at radius 1 is 0.889 bits per heavy atom. The monoisotopic (exact) mass is 367 g/mol. The van der Waals surface area contributed by atoms with Gasteiger partial charge in [-0.25, -0.2) is 0 Å². The maximum absolute atomic E-state index is 13.5. The minimum atomic E-state index is -0.848. The van der Waals surface area contributed by atoms with Crippen LogP contribution in [0.2, 0.25) is 0 Å². The number of amides is 1. The highest BCUT2D eigenvalue weighted by Gasteiger charge is 2.56. The number of nitrogens with zero attached hydrogens (tertiary/aromatic N) is 1. The molecule has 1 aromatic carbocycles. The molecule has 1 aromatic rings. The summed E-state index contributed by atoms with van der Waals surface area (Å²) in [6.45, 7) is 1.14. The molecule has 6 rings (SSSR count). The van der Waals surface area contributed by atoms with Crippen LogP contribution in [0.25, 0.3) is 0 Å². The van der Waals surface area contributed by atoms with Gasteiger partial charge in [-0.2, -0.15) is 0 Å². The average molecular weight is 367 g/mol. The lowest BCUT2D eigenvalue weighted by molar-refractivity contribution is -0.161. The first-order valence-corrected chi connectivity index (χ1v) is 10.6. The third kappa shape index (κ3) is 2.63. The molecule has 1 heterocycles. The van der Waals surface area contributed by atoms with Gasteiger partial charge < -0.3 is 10.0 Å². The fraction of sp³-hybridized carbons (Fsp3) is 0.652. The molecule has 0 unspecified atom stereocenters. The Bertz CT molecular complexity index is 713. The van der Waals surface area contributed by atoms with Crippen molar-refractivity contribution in [2.45, 2.75) is 56.8 Å². The van der Waals surface area contributed by atoms with E-state index in [1.165, 1.54) is 19.3 Å². The topological polar surface area (TPSA) is 57.6 Å². The van der Waals surface area contributed by atoms with E-state index in [4.69, 9.17) is 0 Å². The zero-order valence-corrected chi connectivity index (χ0v) is 15.9. The Morgan fingerprint density at radius 2 is 1.41 bits per heavy atom. The number of piperidine rings is 1. The number of carboxylic acid groups (broad SMARTS) is 1. The van der Waals surface area contributed by atoms with Crippen LogP contribution < -0.4 is 0 Å². The van der Waals surface area contributed by atoms with Crippen LogP contribution in [0, 0.1) is 23.2 Å². The molecule has 0 spiro atoms.